The molecule has 0 aliphatic carbocycles. The number of rotatable bonds is 2. The SMILES string of the molecule is O=S(=O)([O-])C(F)(F)F.[I][Sn+]([c]1ccccc1)[c]1ccccc1. The number of halogens is 4. The minimum absolute atomic E-state index is 1.53. The zero-order chi connectivity index (χ0) is 16.8. The normalized spacial score (nSPS) is 11.3. The number of benzene rings is 2. The van der Waals surface area contributed by atoms with Gasteiger partial charge in [-0.05, 0) is 0 Å². The van der Waals surface area contributed by atoms with Crippen LogP contribution in [0.15, 0.2) is 60.7 Å². The van der Waals surface area contributed by atoms with Gasteiger partial charge in [0.15, 0.2) is 10.1 Å². The molecule has 0 bridgehead atoms. The van der Waals surface area contributed by atoms with Crippen molar-refractivity contribution in [3.05, 3.63) is 60.7 Å². The van der Waals surface area contributed by atoms with Crippen molar-refractivity contribution in [2.24, 2.45) is 0 Å². The summed E-state index contributed by atoms with van der Waals surface area (Å²) >= 11 is 1.14. The first-order valence-electron chi connectivity index (χ1n) is 5.78. The summed E-state index contributed by atoms with van der Waals surface area (Å²) in [5, 5.41) is 0. The van der Waals surface area contributed by atoms with E-state index in [-0.39, 0.29) is 0 Å². The van der Waals surface area contributed by atoms with Gasteiger partial charge in [-0.3, -0.25) is 0 Å². The second kappa shape index (κ2) is 8.50. The molecule has 0 fully saturated rings. The van der Waals surface area contributed by atoms with Gasteiger partial charge in [0.05, 0.1) is 0 Å². The van der Waals surface area contributed by atoms with Crippen LogP contribution in [0.4, 0.5) is 13.2 Å². The van der Waals surface area contributed by atoms with E-state index in [1.54, 1.807) is 7.16 Å². The summed E-state index contributed by atoms with van der Waals surface area (Å²) in [5.74, 6) is 0. The first-order chi connectivity index (χ1) is 10.1. The summed E-state index contributed by atoms with van der Waals surface area (Å²) in [7, 11) is -6.09. The van der Waals surface area contributed by atoms with Gasteiger partial charge in [0.2, 0.25) is 0 Å². The maximum atomic E-state index is 10.7. The van der Waals surface area contributed by atoms with Crippen molar-refractivity contribution in [2.75, 3.05) is 0 Å². The van der Waals surface area contributed by atoms with Gasteiger partial charge in [0, 0.05) is 0 Å². The van der Waals surface area contributed by atoms with Gasteiger partial charge in [-0.2, -0.15) is 13.2 Å². The zero-order valence-electron chi connectivity index (χ0n) is 10.9. The molecule has 0 unspecified atom stereocenters. The Balaban J connectivity index is 0.000000261. The second-order valence-electron chi connectivity index (χ2n) is 3.95. The van der Waals surface area contributed by atoms with E-state index in [4.69, 9.17) is 13.0 Å². The molecule has 0 saturated carbocycles. The zero-order valence-corrected chi connectivity index (χ0v) is 16.7. The van der Waals surface area contributed by atoms with Crippen LogP contribution in [0.3, 0.4) is 0 Å². The minimum atomic E-state index is -6.09. The summed E-state index contributed by atoms with van der Waals surface area (Å²) in [6.45, 7) is 0. The molecule has 0 aromatic heterocycles. The maximum absolute atomic E-state index is 10.7. The Morgan fingerprint density at radius 3 is 1.36 bits per heavy atom. The van der Waals surface area contributed by atoms with Crippen LogP contribution in [0.2, 0.25) is 0 Å². The summed E-state index contributed by atoms with van der Waals surface area (Å²) in [4.78, 5) is 0. The van der Waals surface area contributed by atoms with Gasteiger partial charge in [-0.25, -0.2) is 8.42 Å². The van der Waals surface area contributed by atoms with Crippen molar-refractivity contribution in [2.45, 2.75) is 5.51 Å². The molecule has 9 heteroatoms. The van der Waals surface area contributed by atoms with Crippen molar-refractivity contribution in [1.82, 2.24) is 0 Å². The molecule has 0 amide bonds. The van der Waals surface area contributed by atoms with Crippen molar-refractivity contribution >= 4 is 51.7 Å². The van der Waals surface area contributed by atoms with E-state index in [0.717, 1.165) is 0 Å². The van der Waals surface area contributed by atoms with Crippen LogP contribution in [0.1, 0.15) is 0 Å². The summed E-state index contributed by atoms with van der Waals surface area (Å²) in [6.07, 6.45) is 0. The average Bonchev–Trinajstić information content (AvgIpc) is 2.47. The molecule has 0 aliphatic heterocycles. The fourth-order valence-corrected chi connectivity index (χ4v) is 9.88. The fraction of sp³-hybridized carbons (Fsp3) is 0.0769. The third-order valence-electron chi connectivity index (χ3n) is 2.34. The first-order valence-corrected chi connectivity index (χ1v) is 18.4. The molecule has 0 aliphatic rings. The molecule has 3 nitrogen and oxygen atoms in total. The summed E-state index contributed by atoms with van der Waals surface area (Å²) < 4.78 is 62.0. The fourth-order valence-electron chi connectivity index (χ4n) is 1.34. The molecule has 0 N–H and O–H groups in total. The molecule has 0 radical (unpaired) electrons. The summed E-state index contributed by atoms with van der Waals surface area (Å²) in [5.41, 5.74) is -5.65. The molecule has 2 aromatic carbocycles. The van der Waals surface area contributed by atoms with Gasteiger partial charge in [-0.1, -0.05) is 0 Å². The standard InChI is InChI=1S/2C6H5.CHF3O3S.HI.Sn/c2*1-2-4-6-5-3-1;2-1(3,4)8(5,6)7;;/h2*1-5H;(H,5,6,7);1H;/q;;;;+2/p-2. The van der Waals surface area contributed by atoms with E-state index in [2.05, 4.69) is 79.3 Å². The van der Waals surface area contributed by atoms with Crippen LogP contribution in [-0.2, 0) is 10.1 Å². The quantitative estimate of drug-likeness (QED) is 0.250. The Kier molecular flexibility index (Phi) is 7.62. The van der Waals surface area contributed by atoms with E-state index < -0.39 is 31.4 Å². The molecule has 2 rings (SSSR count). The first kappa shape index (κ1) is 19.7. The Hall–Kier alpha value is -0.331. The molecule has 0 atom stereocenters. The molecule has 2 aromatic rings. The number of hydrogen-bond acceptors (Lipinski definition) is 3. The molecular weight excluding hydrogens is 539 g/mol. The Morgan fingerprint density at radius 2 is 1.14 bits per heavy atom. The Morgan fingerprint density at radius 1 is 0.864 bits per heavy atom. The predicted molar refractivity (Wildman–Crippen MR) is 87.7 cm³/mol. The predicted octanol–water partition coefficient (Wildman–Crippen LogP) is 2.28. The third-order valence-corrected chi connectivity index (χ3v) is 16.1. The Bertz CT molecular complexity index is 639. The van der Waals surface area contributed by atoms with Crippen LogP contribution >= 0.6 is 18.6 Å². The molecule has 0 saturated heterocycles. The number of alkyl halides is 3. The molecule has 0 heterocycles. The van der Waals surface area contributed by atoms with E-state index in [1.807, 2.05) is 0 Å². The van der Waals surface area contributed by atoms with E-state index in [9.17, 15) is 13.2 Å². The molecule has 0 spiro atoms. The van der Waals surface area contributed by atoms with Crippen molar-refractivity contribution in [3.8, 4) is 0 Å². The third kappa shape index (κ3) is 6.42. The molecule has 22 heavy (non-hydrogen) atoms. The van der Waals surface area contributed by atoms with Crippen LogP contribution in [0.5, 0.6) is 0 Å². The van der Waals surface area contributed by atoms with E-state index >= 15 is 0 Å². The van der Waals surface area contributed by atoms with Crippen LogP contribution in [0, 0.1) is 0 Å². The van der Waals surface area contributed by atoms with Crippen molar-refractivity contribution in [3.63, 3.8) is 0 Å². The van der Waals surface area contributed by atoms with Crippen molar-refractivity contribution in [1.29, 1.82) is 0 Å². The van der Waals surface area contributed by atoms with Gasteiger partial charge < -0.3 is 4.55 Å². The Labute approximate surface area is 143 Å². The van der Waals surface area contributed by atoms with Crippen molar-refractivity contribution < 1.29 is 26.1 Å². The van der Waals surface area contributed by atoms with Crippen LogP contribution in [0.25, 0.3) is 0 Å². The van der Waals surface area contributed by atoms with Gasteiger partial charge in [-0.15, -0.1) is 0 Å². The second-order valence-corrected chi connectivity index (χ2v) is 17.6. The average molecular weight is 549 g/mol. The van der Waals surface area contributed by atoms with Crippen LogP contribution in [-0.4, -0.2) is 34.3 Å². The van der Waals surface area contributed by atoms with Gasteiger partial charge in [0.25, 0.3) is 0 Å². The van der Waals surface area contributed by atoms with Gasteiger partial charge >= 0.3 is 108 Å². The monoisotopic (exact) mass is 550 g/mol. The number of hydrogen-bond donors (Lipinski definition) is 0. The summed E-state index contributed by atoms with van der Waals surface area (Å²) in [6, 6.07) is 21.7. The van der Waals surface area contributed by atoms with Gasteiger partial charge in [0.1, 0.15) is 0 Å². The molecule has 118 valence electrons. The topological polar surface area (TPSA) is 57.2 Å². The van der Waals surface area contributed by atoms with Crippen LogP contribution < -0.4 is 7.16 Å². The van der Waals surface area contributed by atoms with E-state index in [0.29, 0.717) is 0 Å². The van der Waals surface area contributed by atoms with E-state index in [1.165, 1.54) is 0 Å². The molecular formula is C13H10F3IO3SSn.